The number of hydrogen-bond acceptors (Lipinski definition) is 3. The monoisotopic (exact) mass is 280 g/mol. The van der Waals surface area contributed by atoms with Crippen molar-refractivity contribution in [3.63, 3.8) is 0 Å². The number of rotatable bonds is 3. The SMILES string of the molecule is Cc1ncc(CBr)c(C(F)F)c1[N+](=O)[O-]. The Bertz CT molecular complexity index is 398. The smallest absolute Gasteiger partial charge is 0.258 e. The molecule has 0 atom stereocenters. The fraction of sp³-hybridized carbons (Fsp3) is 0.375. The molecule has 1 aromatic heterocycles. The minimum atomic E-state index is -2.88. The van der Waals surface area contributed by atoms with Crippen molar-refractivity contribution in [2.45, 2.75) is 18.7 Å². The van der Waals surface area contributed by atoms with E-state index in [1.165, 1.54) is 13.1 Å². The van der Waals surface area contributed by atoms with Gasteiger partial charge >= 0.3 is 0 Å². The van der Waals surface area contributed by atoms with Crippen molar-refractivity contribution in [1.29, 1.82) is 0 Å². The summed E-state index contributed by atoms with van der Waals surface area (Å²) in [6.07, 6.45) is -1.65. The van der Waals surface area contributed by atoms with Gasteiger partial charge in [-0.25, -0.2) is 8.78 Å². The van der Waals surface area contributed by atoms with Crippen LogP contribution >= 0.6 is 15.9 Å². The molecular formula is C8H7BrF2N2O2. The van der Waals surface area contributed by atoms with Crippen LogP contribution in [0.25, 0.3) is 0 Å². The van der Waals surface area contributed by atoms with Crippen LogP contribution in [-0.2, 0) is 5.33 Å². The Morgan fingerprint density at radius 3 is 2.67 bits per heavy atom. The molecule has 0 aliphatic rings. The van der Waals surface area contributed by atoms with Crippen LogP contribution in [0.15, 0.2) is 6.20 Å². The number of nitro groups is 1. The summed E-state index contributed by atoms with van der Waals surface area (Å²) >= 11 is 2.99. The molecule has 0 unspecified atom stereocenters. The first-order valence-corrected chi connectivity index (χ1v) is 5.08. The van der Waals surface area contributed by atoms with Gasteiger partial charge < -0.3 is 0 Å². The van der Waals surface area contributed by atoms with E-state index < -0.39 is 22.6 Å². The third-order valence-corrected chi connectivity index (χ3v) is 2.51. The molecule has 0 spiro atoms. The Morgan fingerprint density at radius 2 is 2.27 bits per heavy atom. The molecule has 0 saturated carbocycles. The fourth-order valence-corrected chi connectivity index (χ4v) is 1.68. The van der Waals surface area contributed by atoms with Gasteiger partial charge in [-0.15, -0.1) is 0 Å². The molecular weight excluding hydrogens is 274 g/mol. The molecule has 1 heterocycles. The van der Waals surface area contributed by atoms with Crippen molar-refractivity contribution in [1.82, 2.24) is 4.98 Å². The van der Waals surface area contributed by atoms with Gasteiger partial charge in [-0.1, -0.05) is 15.9 Å². The first-order chi connectivity index (χ1) is 6.99. The Kier molecular flexibility index (Phi) is 3.67. The van der Waals surface area contributed by atoms with Gasteiger partial charge in [0.25, 0.3) is 12.1 Å². The van der Waals surface area contributed by atoms with Crippen molar-refractivity contribution in [2.24, 2.45) is 0 Å². The highest BCUT2D eigenvalue weighted by Gasteiger charge is 2.28. The van der Waals surface area contributed by atoms with Crippen LogP contribution in [0, 0.1) is 17.0 Å². The van der Waals surface area contributed by atoms with Gasteiger partial charge in [-0.3, -0.25) is 15.1 Å². The second-order valence-electron chi connectivity index (χ2n) is 2.82. The Balaban J connectivity index is 3.51. The number of aromatic nitrogens is 1. The largest absolute Gasteiger partial charge is 0.299 e. The average Bonchev–Trinajstić information content (AvgIpc) is 2.16. The lowest BCUT2D eigenvalue weighted by Crippen LogP contribution is -2.04. The highest BCUT2D eigenvalue weighted by Crippen LogP contribution is 2.34. The lowest BCUT2D eigenvalue weighted by atomic mass is 10.1. The lowest BCUT2D eigenvalue weighted by Gasteiger charge is -2.07. The molecule has 15 heavy (non-hydrogen) atoms. The molecule has 0 aromatic carbocycles. The first-order valence-electron chi connectivity index (χ1n) is 3.96. The molecule has 0 aliphatic carbocycles. The quantitative estimate of drug-likeness (QED) is 0.486. The van der Waals surface area contributed by atoms with E-state index in [9.17, 15) is 18.9 Å². The van der Waals surface area contributed by atoms with Crippen molar-refractivity contribution >= 4 is 21.6 Å². The van der Waals surface area contributed by atoms with Gasteiger partial charge in [0.1, 0.15) is 11.3 Å². The van der Waals surface area contributed by atoms with Crippen LogP contribution in [0.4, 0.5) is 14.5 Å². The maximum atomic E-state index is 12.7. The summed E-state index contributed by atoms with van der Waals surface area (Å²) in [6, 6.07) is 0. The molecule has 1 aromatic rings. The second kappa shape index (κ2) is 4.61. The molecule has 0 saturated heterocycles. The molecule has 0 radical (unpaired) electrons. The van der Waals surface area contributed by atoms with Gasteiger partial charge in [-0.2, -0.15) is 0 Å². The number of nitrogens with zero attached hydrogens (tertiary/aromatic N) is 2. The zero-order chi connectivity index (χ0) is 11.6. The van der Waals surface area contributed by atoms with E-state index in [2.05, 4.69) is 20.9 Å². The summed E-state index contributed by atoms with van der Waals surface area (Å²) < 4.78 is 25.3. The lowest BCUT2D eigenvalue weighted by molar-refractivity contribution is -0.387. The van der Waals surface area contributed by atoms with Crippen LogP contribution in [0.1, 0.15) is 23.2 Å². The molecule has 0 aliphatic heterocycles. The second-order valence-corrected chi connectivity index (χ2v) is 3.38. The Labute approximate surface area is 92.6 Å². The van der Waals surface area contributed by atoms with Gasteiger partial charge in [0.15, 0.2) is 0 Å². The predicted molar refractivity (Wildman–Crippen MR) is 53.2 cm³/mol. The molecule has 0 amide bonds. The third-order valence-electron chi connectivity index (χ3n) is 1.90. The third kappa shape index (κ3) is 2.28. The van der Waals surface area contributed by atoms with Crippen LogP contribution in [0.2, 0.25) is 0 Å². The summed E-state index contributed by atoms with van der Waals surface area (Å²) in [7, 11) is 0. The summed E-state index contributed by atoms with van der Waals surface area (Å²) in [5, 5.41) is 10.7. The van der Waals surface area contributed by atoms with E-state index in [1.54, 1.807) is 0 Å². The minimum Gasteiger partial charge on any atom is -0.258 e. The van der Waals surface area contributed by atoms with Crippen molar-refractivity contribution in [3.05, 3.63) is 33.1 Å². The maximum Gasteiger partial charge on any atom is 0.299 e. The summed E-state index contributed by atoms with van der Waals surface area (Å²) in [5.74, 6) is 0. The first kappa shape index (κ1) is 12.0. The fourth-order valence-electron chi connectivity index (χ4n) is 1.23. The predicted octanol–water partition coefficient (Wildman–Crippen LogP) is 3.13. The number of aryl methyl sites for hydroxylation is 1. The van der Waals surface area contributed by atoms with Crippen LogP contribution in [-0.4, -0.2) is 9.91 Å². The normalized spacial score (nSPS) is 10.7. The van der Waals surface area contributed by atoms with E-state index in [1.807, 2.05) is 0 Å². The summed E-state index contributed by atoms with van der Waals surface area (Å²) in [4.78, 5) is 13.5. The van der Waals surface area contributed by atoms with E-state index in [0.717, 1.165) is 0 Å². The van der Waals surface area contributed by atoms with Gasteiger partial charge in [0.2, 0.25) is 0 Å². The molecule has 82 valence electrons. The summed E-state index contributed by atoms with van der Waals surface area (Å²) in [6.45, 7) is 1.34. The highest BCUT2D eigenvalue weighted by molar-refractivity contribution is 9.08. The van der Waals surface area contributed by atoms with Crippen molar-refractivity contribution in [3.8, 4) is 0 Å². The van der Waals surface area contributed by atoms with Crippen molar-refractivity contribution in [2.75, 3.05) is 0 Å². The topological polar surface area (TPSA) is 56.0 Å². The Hall–Kier alpha value is -1.11. The van der Waals surface area contributed by atoms with Crippen LogP contribution in [0.5, 0.6) is 0 Å². The minimum absolute atomic E-state index is 0.000000000000000222. The molecule has 4 nitrogen and oxygen atoms in total. The molecule has 0 fully saturated rings. The van der Waals surface area contributed by atoms with E-state index in [-0.39, 0.29) is 16.6 Å². The molecule has 1 rings (SSSR count). The zero-order valence-corrected chi connectivity index (χ0v) is 9.29. The number of pyridine rings is 1. The van der Waals surface area contributed by atoms with Crippen LogP contribution in [0.3, 0.4) is 0 Å². The average molecular weight is 281 g/mol. The van der Waals surface area contributed by atoms with Gasteiger partial charge in [0.05, 0.1) is 4.92 Å². The Morgan fingerprint density at radius 1 is 1.67 bits per heavy atom. The van der Waals surface area contributed by atoms with E-state index in [4.69, 9.17) is 0 Å². The van der Waals surface area contributed by atoms with E-state index in [0.29, 0.717) is 0 Å². The number of hydrogen-bond donors (Lipinski definition) is 0. The van der Waals surface area contributed by atoms with Crippen molar-refractivity contribution < 1.29 is 13.7 Å². The number of halogens is 3. The van der Waals surface area contributed by atoms with Gasteiger partial charge in [-0.05, 0) is 12.5 Å². The number of alkyl halides is 3. The summed E-state index contributed by atoms with van der Waals surface area (Å²) in [5.41, 5.74) is -1.01. The molecule has 0 bridgehead atoms. The molecule has 7 heteroatoms. The zero-order valence-electron chi connectivity index (χ0n) is 7.71. The highest BCUT2D eigenvalue weighted by atomic mass is 79.9. The van der Waals surface area contributed by atoms with Gasteiger partial charge in [0, 0.05) is 11.5 Å². The standard InChI is InChI=1S/C8H7BrF2N2O2/c1-4-7(13(14)15)6(8(10)11)5(2-9)3-12-4/h3,8H,2H2,1H3. The maximum absolute atomic E-state index is 12.7. The molecule has 0 N–H and O–H groups in total. The van der Waals surface area contributed by atoms with Crippen LogP contribution < -0.4 is 0 Å². The van der Waals surface area contributed by atoms with E-state index >= 15 is 0 Å².